The van der Waals surface area contributed by atoms with Crippen LogP contribution < -0.4 is 0 Å². The molecule has 0 aromatic heterocycles. The van der Waals surface area contributed by atoms with Gasteiger partial charge in [-0.15, -0.1) is 0 Å². The first-order valence-electron chi connectivity index (χ1n) is 23.4. The van der Waals surface area contributed by atoms with Crippen molar-refractivity contribution in [1.29, 1.82) is 0 Å². The van der Waals surface area contributed by atoms with Crippen molar-refractivity contribution in [3.8, 4) is 0 Å². The summed E-state index contributed by atoms with van der Waals surface area (Å²) in [5.41, 5.74) is -0.116. The number of ether oxygens (including phenoxy) is 2. The highest BCUT2D eigenvalue weighted by Crippen LogP contribution is 2.36. The second kappa shape index (κ2) is 23.6. The van der Waals surface area contributed by atoms with Crippen molar-refractivity contribution in [2.24, 2.45) is 29.6 Å². The van der Waals surface area contributed by atoms with Gasteiger partial charge in [0.05, 0.1) is 36.3 Å². The Morgan fingerprint density at radius 3 is 2.11 bits per heavy atom. The molecule has 14 nitrogen and oxygen atoms in total. The van der Waals surface area contributed by atoms with Crippen molar-refractivity contribution in [2.75, 3.05) is 40.9 Å². The number of nitrogens with zero attached hydrogens (tertiary/aromatic N) is 4. The molecule has 0 N–H and O–H groups in total. The molecule has 1 aromatic carbocycles. The van der Waals surface area contributed by atoms with Gasteiger partial charge in [-0.1, -0.05) is 71.4 Å². The first kappa shape index (κ1) is 52.1. The zero-order chi connectivity index (χ0) is 47.5. The van der Waals surface area contributed by atoms with Gasteiger partial charge in [-0.25, -0.2) is 0 Å². The lowest BCUT2D eigenvalue weighted by atomic mass is 9.81. The molecule has 5 amide bonds. The number of likely N-dealkylation sites (N-methyl/N-ethyl adjacent to an activating group) is 1. The van der Waals surface area contributed by atoms with Crippen LogP contribution in [0.3, 0.4) is 0 Å². The number of imide groups is 1. The van der Waals surface area contributed by atoms with Crippen LogP contribution in [0.5, 0.6) is 0 Å². The number of carbonyl (C=O) groups is 8. The van der Waals surface area contributed by atoms with Gasteiger partial charge >= 0.3 is 0 Å². The summed E-state index contributed by atoms with van der Waals surface area (Å²) in [5, 5.41) is 0. The van der Waals surface area contributed by atoms with E-state index in [4.69, 9.17) is 9.47 Å². The van der Waals surface area contributed by atoms with E-state index in [1.54, 1.807) is 42.9 Å². The monoisotopic (exact) mass is 891 g/mol. The zero-order valence-electron chi connectivity index (χ0n) is 40.0. The molecule has 3 aliphatic heterocycles. The summed E-state index contributed by atoms with van der Waals surface area (Å²) in [6.07, 6.45) is 5.13. The van der Waals surface area contributed by atoms with Crippen molar-refractivity contribution in [1.82, 2.24) is 19.6 Å². The minimum absolute atomic E-state index is 0.0150. The quantitative estimate of drug-likeness (QED) is 0.112. The second-order valence-electron chi connectivity index (χ2n) is 18.9. The maximum atomic E-state index is 14.6. The van der Waals surface area contributed by atoms with E-state index in [-0.39, 0.29) is 91.6 Å². The van der Waals surface area contributed by atoms with Gasteiger partial charge in [0.15, 0.2) is 5.78 Å². The number of amides is 5. The highest BCUT2D eigenvalue weighted by atomic mass is 16.5. The maximum Gasteiger partial charge on any atom is 0.253 e. The van der Waals surface area contributed by atoms with Crippen molar-refractivity contribution < 1.29 is 47.8 Å². The van der Waals surface area contributed by atoms with E-state index in [1.165, 1.54) is 19.1 Å². The lowest BCUT2D eigenvalue weighted by molar-refractivity contribution is -0.150. The molecule has 0 saturated carbocycles. The number of hydrogen-bond donors (Lipinski definition) is 0. The predicted octanol–water partition coefficient (Wildman–Crippen LogP) is 5.63. The van der Waals surface area contributed by atoms with Gasteiger partial charge in [0.2, 0.25) is 17.7 Å². The molecule has 3 aliphatic rings. The van der Waals surface area contributed by atoms with Crippen LogP contribution in [0.4, 0.5) is 0 Å². The first-order valence-corrected chi connectivity index (χ1v) is 23.4. The molecule has 0 aliphatic carbocycles. The fraction of sp³-hybridized carbons (Fsp3) is 0.680. The minimum atomic E-state index is -1.10. The standard InChI is InChI=1S/C50H74N4O10/c1-11-33(4)47(51(8)49(62)38(32(2)3)30-42(57)50(7)24-17-27-54(50)45(60)21-16-26-53-43(58)22-23-44(53)59)41(63-9)31-46(61)52-25-15-20-39(52)48(64-10)34(5)40(56)29-37(35(6)55)28-36-18-13-12-14-19-36/h12-14,18-19,22-23,32-34,37-39,41,47-48H,11,15-17,20-21,24-31H2,1-10H3/t33-,34-,37+,38-,39-,41+,47-,48+,50-/m0/s1. The van der Waals surface area contributed by atoms with Gasteiger partial charge in [-0.05, 0) is 69.8 Å². The Morgan fingerprint density at radius 1 is 0.875 bits per heavy atom. The zero-order valence-corrected chi connectivity index (χ0v) is 40.0. The lowest BCUT2D eigenvalue weighted by Crippen LogP contribution is -2.55. The molecule has 64 heavy (non-hydrogen) atoms. The summed E-state index contributed by atoms with van der Waals surface area (Å²) < 4.78 is 12.1. The number of likely N-dealkylation sites (tertiary alicyclic amines) is 2. The average molecular weight is 891 g/mol. The third-order valence-corrected chi connectivity index (χ3v) is 14.4. The largest absolute Gasteiger partial charge is 0.379 e. The van der Waals surface area contributed by atoms with Gasteiger partial charge in [-0.2, -0.15) is 0 Å². The minimum Gasteiger partial charge on any atom is -0.379 e. The molecule has 1 aromatic rings. The molecular weight excluding hydrogens is 817 g/mol. The van der Waals surface area contributed by atoms with Gasteiger partial charge < -0.3 is 24.2 Å². The molecule has 2 fully saturated rings. The lowest BCUT2D eigenvalue weighted by Gasteiger charge is -2.41. The number of benzene rings is 1. The molecule has 0 radical (unpaired) electrons. The molecule has 0 spiro atoms. The fourth-order valence-electron chi connectivity index (χ4n) is 10.1. The highest BCUT2D eigenvalue weighted by Gasteiger charge is 2.48. The summed E-state index contributed by atoms with van der Waals surface area (Å²) in [5.74, 6) is -3.81. The number of methoxy groups -OCH3 is 2. The van der Waals surface area contributed by atoms with E-state index in [2.05, 4.69) is 0 Å². The van der Waals surface area contributed by atoms with Crippen molar-refractivity contribution in [3.05, 3.63) is 48.0 Å². The van der Waals surface area contributed by atoms with Crippen LogP contribution in [0.1, 0.15) is 118 Å². The average Bonchev–Trinajstić information content (AvgIpc) is 4.00. The predicted molar refractivity (Wildman–Crippen MR) is 242 cm³/mol. The van der Waals surface area contributed by atoms with Crippen molar-refractivity contribution >= 4 is 46.9 Å². The second-order valence-corrected chi connectivity index (χ2v) is 18.9. The molecule has 3 heterocycles. The summed E-state index contributed by atoms with van der Waals surface area (Å²) in [7, 11) is 4.81. The molecule has 14 heteroatoms. The number of ketones is 3. The Labute approximate surface area is 380 Å². The van der Waals surface area contributed by atoms with Gasteiger partial charge in [-0.3, -0.25) is 43.3 Å². The third-order valence-electron chi connectivity index (χ3n) is 14.4. The summed E-state index contributed by atoms with van der Waals surface area (Å²) in [6, 6.07) is 8.76. The number of rotatable bonds is 25. The molecule has 0 bridgehead atoms. The van der Waals surface area contributed by atoms with Gasteiger partial charge in [0.25, 0.3) is 11.8 Å². The number of hydrogen-bond acceptors (Lipinski definition) is 10. The van der Waals surface area contributed by atoms with E-state index in [0.29, 0.717) is 45.2 Å². The molecular formula is C50H74N4O10. The van der Waals surface area contributed by atoms with E-state index >= 15 is 0 Å². The summed E-state index contributed by atoms with van der Waals surface area (Å²) >= 11 is 0. The number of carbonyl (C=O) groups excluding carboxylic acids is 8. The fourth-order valence-corrected chi connectivity index (χ4v) is 10.1. The molecule has 4 rings (SSSR count). The van der Waals surface area contributed by atoms with E-state index in [1.807, 2.05) is 65.0 Å². The Hall–Kier alpha value is -4.56. The maximum absolute atomic E-state index is 14.6. The van der Waals surface area contributed by atoms with Crippen LogP contribution in [0.2, 0.25) is 0 Å². The van der Waals surface area contributed by atoms with Crippen LogP contribution in [-0.4, -0.2) is 137 Å². The summed E-state index contributed by atoms with van der Waals surface area (Å²) in [4.78, 5) is 113. The van der Waals surface area contributed by atoms with E-state index in [0.717, 1.165) is 16.9 Å². The van der Waals surface area contributed by atoms with E-state index < -0.39 is 53.4 Å². The molecule has 354 valence electrons. The Morgan fingerprint density at radius 2 is 1.53 bits per heavy atom. The SMILES string of the molecule is CC[C@H](C)[C@@H]([C@@H](CC(=O)N1CCC[C@H]1[C@H](OC)[C@@H](C)C(=O)C[C@@H](Cc1ccccc1)C(C)=O)OC)N(C)C(=O)[C@@H](CC(=O)[C@]1(C)CCCN1C(=O)CCCN1C(=O)C=CC1=O)C(C)C. The molecule has 2 saturated heterocycles. The number of Topliss-reactive ketones (excluding diaryl/α,β-unsaturated/α-hetero) is 3. The molecule has 9 atom stereocenters. The smallest absolute Gasteiger partial charge is 0.253 e. The van der Waals surface area contributed by atoms with Crippen molar-refractivity contribution in [3.63, 3.8) is 0 Å². The Kier molecular flexibility index (Phi) is 19.2. The Bertz CT molecular complexity index is 1850. The van der Waals surface area contributed by atoms with Crippen LogP contribution in [-0.2, 0) is 54.3 Å². The van der Waals surface area contributed by atoms with Crippen molar-refractivity contribution in [2.45, 2.75) is 149 Å². The van der Waals surface area contributed by atoms with Crippen LogP contribution in [0.25, 0.3) is 0 Å². The summed E-state index contributed by atoms with van der Waals surface area (Å²) in [6.45, 7) is 14.0. The van der Waals surface area contributed by atoms with Gasteiger partial charge in [0.1, 0.15) is 11.6 Å². The van der Waals surface area contributed by atoms with E-state index in [9.17, 15) is 38.4 Å². The molecule has 0 unspecified atom stereocenters. The Balaban J connectivity index is 1.44. The highest BCUT2D eigenvalue weighted by molar-refractivity contribution is 6.12. The normalized spacial score (nSPS) is 22.0. The first-order chi connectivity index (χ1) is 30.3. The third kappa shape index (κ3) is 12.4. The topological polar surface area (TPSA) is 168 Å². The van der Waals surface area contributed by atoms with Crippen LogP contribution in [0.15, 0.2) is 42.5 Å². The van der Waals surface area contributed by atoms with Crippen LogP contribution in [0, 0.1) is 29.6 Å². The van der Waals surface area contributed by atoms with Crippen LogP contribution >= 0.6 is 0 Å². The van der Waals surface area contributed by atoms with Gasteiger partial charge in [0, 0.05) is 90.1 Å².